The molecule has 18 heavy (non-hydrogen) atoms. The number of nitrogens with one attached hydrogen (secondary N) is 1. The molecule has 2 atom stereocenters. The number of rotatable bonds is 5. The van der Waals surface area contributed by atoms with E-state index in [0.717, 1.165) is 25.7 Å². The number of carboxylic acid groups (broad SMARTS) is 1. The zero-order valence-corrected chi connectivity index (χ0v) is 10.3. The molecule has 1 aromatic heterocycles. The maximum Gasteiger partial charge on any atom is 0.372 e. The summed E-state index contributed by atoms with van der Waals surface area (Å²) in [5.41, 5.74) is 0.646. The number of aliphatic hydroxyl groups excluding tert-OH is 1. The molecule has 1 aliphatic carbocycles. The van der Waals surface area contributed by atoms with Gasteiger partial charge >= 0.3 is 5.97 Å². The van der Waals surface area contributed by atoms with Crippen LogP contribution in [0.1, 0.15) is 41.8 Å². The minimum atomic E-state index is -1.05. The highest BCUT2D eigenvalue weighted by molar-refractivity contribution is 5.86. The lowest BCUT2D eigenvalue weighted by Crippen LogP contribution is -2.33. The van der Waals surface area contributed by atoms with E-state index in [2.05, 4.69) is 5.32 Å². The van der Waals surface area contributed by atoms with E-state index < -0.39 is 5.97 Å². The molecular weight excluding hydrogens is 234 g/mol. The van der Waals surface area contributed by atoms with Gasteiger partial charge in [0, 0.05) is 18.7 Å². The van der Waals surface area contributed by atoms with Crippen molar-refractivity contribution in [1.82, 2.24) is 5.32 Å². The van der Waals surface area contributed by atoms with Gasteiger partial charge in [-0.05, 0) is 24.8 Å². The van der Waals surface area contributed by atoms with Crippen LogP contribution in [0, 0.1) is 5.92 Å². The van der Waals surface area contributed by atoms with Gasteiger partial charge in [-0.2, -0.15) is 0 Å². The zero-order valence-electron chi connectivity index (χ0n) is 10.3. The molecule has 1 aliphatic rings. The van der Waals surface area contributed by atoms with Crippen LogP contribution in [-0.4, -0.2) is 28.8 Å². The van der Waals surface area contributed by atoms with Crippen molar-refractivity contribution in [3.63, 3.8) is 0 Å². The van der Waals surface area contributed by atoms with Crippen molar-refractivity contribution in [2.45, 2.75) is 38.3 Å². The predicted molar refractivity (Wildman–Crippen MR) is 65.3 cm³/mol. The normalized spacial score (nSPS) is 24.1. The maximum atomic E-state index is 10.8. The van der Waals surface area contributed by atoms with Crippen molar-refractivity contribution in [3.05, 3.63) is 23.7 Å². The Hall–Kier alpha value is -1.33. The molecule has 0 spiro atoms. The first-order chi connectivity index (χ1) is 8.68. The average molecular weight is 253 g/mol. The summed E-state index contributed by atoms with van der Waals surface area (Å²) in [6.07, 6.45) is 5.33. The van der Waals surface area contributed by atoms with Crippen molar-refractivity contribution in [1.29, 1.82) is 0 Å². The Labute approximate surface area is 106 Å². The van der Waals surface area contributed by atoms with Crippen LogP contribution in [0.25, 0.3) is 0 Å². The van der Waals surface area contributed by atoms with Gasteiger partial charge in [0.25, 0.3) is 0 Å². The van der Waals surface area contributed by atoms with E-state index in [0.29, 0.717) is 18.7 Å². The first-order valence-electron chi connectivity index (χ1n) is 6.37. The molecule has 1 heterocycles. The Morgan fingerprint density at radius 3 is 2.94 bits per heavy atom. The van der Waals surface area contributed by atoms with Crippen LogP contribution < -0.4 is 5.32 Å². The molecule has 0 bridgehead atoms. The summed E-state index contributed by atoms with van der Waals surface area (Å²) in [7, 11) is 0. The van der Waals surface area contributed by atoms with Crippen LogP contribution in [0.4, 0.5) is 0 Å². The van der Waals surface area contributed by atoms with Crippen LogP contribution >= 0.6 is 0 Å². The van der Waals surface area contributed by atoms with Crippen LogP contribution in [-0.2, 0) is 6.54 Å². The fourth-order valence-corrected chi connectivity index (χ4v) is 2.48. The molecule has 1 aromatic rings. The first kappa shape index (κ1) is 13.1. The number of hydrogen-bond donors (Lipinski definition) is 3. The minimum absolute atomic E-state index is 0.00769. The van der Waals surface area contributed by atoms with Crippen molar-refractivity contribution >= 4 is 5.97 Å². The summed E-state index contributed by atoms with van der Waals surface area (Å²) in [6.45, 7) is 1.17. The fraction of sp³-hybridized carbons (Fsp3) is 0.615. The largest absolute Gasteiger partial charge is 0.475 e. The van der Waals surface area contributed by atoms with Crippen LogP contribution in [0.3, 0.4) is 0 Å². The molecule has 5 heteroatoms. The van der Waals surface area contributed by atoms with Gasteiger partial charge in [-0.15, -0.1) is 0 Å². The molecule has 2 rings (SSSR count). The SMILES string of the molecule is O=C(O)c1occc1CNCC1CCCCC1O. The third-order valence-electron chi connectivity index (χ3n) is 3.53. The van der Waals surface area contributed by atoms with Crippen molar-refractivity contribution < 1.29 is 19.4 Å². The molecule has 0 amide bonds. The summed E-state index contributed by atoms with van der Waals surface area (Å²) >= 11 is 0. The molecule has 0 radical (unpaired) electrons. The van der Waals surface area contributed by atoms with Gasteiger partial charge in [0.05, 0.1) is 12.4 Å². The van der Waals surface area contributed by atoms with Crippen molar-refractivity contribution in [2.24, 2.45) is 5.92 Å². The molecule has 1 fully saturated rings. The predicted octanol–water partition coefficient (Wildman–Crippen LogP) is 1.62. The molecular formula is C13H19NO4. The lowest BCUT2D eigenvalue weighted by molar-refractivity contribution is 0.0655. The number of furan rings is 1. The second kappa shape index (κ2) is 6.02. The Morgan fingerprint density at radius 1 is 1.44 bits per heavy atom. The maximum absolute atomic E-state index is 10.8. The highest BCUT2D eigenvalue weighted by atomic mass is 16.4. The number of carbonyl (C=O) groups is 1. The molecule has 1 saturated carbocycles. The van der Waals surface area contributed by atoms with E-state index in [1.165, 1.54) is 6.26 Å². The smallest absolute Gasteiger partial charge is 0.372 e. The second-order valence-corrected chi connectivity index (χ2v) is 4.82. The summed E-state index contributed by atoms with van der Waals surface area (Å²) in [4.78, 5) is 10.8. The quantitative estimate of drug-likeness (QED) is 0.742. The van der Waals surface area contributed by atoms with Crippen molar-refractivity contribution in [2.75, 3.05) is 6.54 Å². The first-order valence-corrected chi connectivity index (χ1v) is 6.37. The molecule has 0 aromatic carbocycles. The van der Waals surface area contributed by atoms with E-state index in [1.54, 1.807) is 6.07 Å². The number of aliphatic hydroxyl groups is 1. The summed E-state index contributed by atoms with van der Waals surface area (Å²) in [6, 6.07) is 1.66. The minimum Gasteiger partial charge on any atom is -0.475 e. The van der Waals surface area contributed by atoms with Gasteiger partial charge in [-0.1, -0.05) is 12.8 Å². The summed E-state index contributed by atoms with van der Waals surface area (Å²) < 4.78 is 4.90. The fourth-order valence-electron chi connectivity index (χ4n) is 2.48. The van der Waals surface area contributed by atoms with Crippen LogP contribution in [0.2, 0.25) is 0 Å². The van der Waals surface area contributed by atoms with Gasteiger partial charge in [-0.25, -0.2) is 4.79 Å². The Bertz CT molecular complexity index is 401. The lowest BCUT2D eigenvalue weighted by Gasteiger charge is -2.27. The highest BCUT2D eigenvalue weighted by Crippen LogP contribution is 2.23. The zero-order chi connectivity index (χ0) is 13.0. The van der Waals surface area contributed by atoms with Gasteiger partial charge in [0.2, 0.25) is 5.76 Å². The Morgan fingerprint density at radius 2 is 2.22 bits per heavy atom. The van der Waals surface area contributed by atoms with E-state index in [1.807, 2.05) is 0 Å². The van der Waals surface area contributed by atoms with Gasteiger partial charge in [-0.3, -0.25) is 0 Å². The monoisotopic (exact) mass is 253 g/mol. The lowest BCUT2D eigenvalue weighted by atomic mass is 9.86. The number of aromatic carboxylic acids is 1. The van der Waals surface area contributed by atoms with E-state index >= 15 is 0 Å². The van der Waals surface area contributed by atoms with Crippen molar-refractivity contribution in [3.8, 4) is 0 Å². The van der Waals surface area contributed by atoms with Crippen LogP contribution in [0.15, 0.2) is 16.7 Å². The van der Waals surface area contributed by atoms with Crippen LogP contribution in [0.5, 0.6) is 0 Å². The Balaban J connectivity index is 1.81. The summed E-state index contributed by atoms with van der Waals surface area (Å²) in [5.74, 6) is -0.778. The second-order valence-electron chi connectivity index (χ2n) is 4.82. The molecule has 100 valence electrons. The van der Waals surface area contributed by atoms with Gasteiger partial charge in [0.1, 0.15) is 0 Å². The Kier molecular flexibility index (Phi) is 4.38. The van der Waals surface area contributed by atoms with Gasteiger partial charge in [0.15, 0.2) is 0 Å². The standard InChI is InChI=1S/C13H19NO4/c15-11-4-2-1-3-9(11)7-14-8-10-5-6-18-12(10)13(16)17/h5-6,9,11,14-15H,1-4,7-8H2,(H,16,17). The van der Waals surface area contributed by atoms with E-state index in [-0.39, 0.29) is 17.8 Å². The molecule has 5 nitrogen and oxygen atoms in total. The number of hydrogen-bond acceptors (Lipinski definition) is 4. The summed E-state index contributed by atoms with van der Waals surface area (Å²) in [5, 5.41) is 21.9. The number of carboxylic acids is 1. The molecule has 3 N–H and O–H groups in total. The van der Waals surface area contributed by atoms with E-state index in [9.17, 15) is 9.90 Å². The van der Waals surface area contributed by atoms with Gasteiger partial charge < -0.3 is 19.9 Å². The molecule has 0 aliphatic heterocycles. The molecule has 0 saturated heterocycles. The third-order valence-corrected chi connectivity index (χ3v) is 3.53. The third kappa shape index (κ3) is 3.11. The molecule has 2 unspecified atom stereocenters. The highest BCUT2D eigenvalue weighted by Gasteiger charge is 2.22. The topological polar surface area (TPSA) is 82.7 Å². The van der Waals surface area contributed by atoms with E-state index in [4.69, 9.17) is 9.52 Å². The average Bonchev–Trinajstić information content (AvgIpc) is 2.80.